The number of likely N-dealkylation sites (tertiary alicyclic amines) is 1. The summed E-state index contributed by atoms with van der Waals surface area (Å²) in [6, 6.07) is 6.71. The fourth-order valence-electron chi connectivity index (χ4n) is 4.81. The molecular weight excluding hydrogens is 392 g/mol. The minimum atomic E-state index is -3.52. The van der Waals surface area contributed by atoms with E-state index in [1.807, 2.05) is 4.90 Å². The fraction of sp³-hybridized carbons (Fsp3) is 0.667. The molecule has 4 rings (SSSR count). The van der Waals surface area contributed by atoms with Crippen molar-refractivity contribution in [3.63, 3.8) is 0 Å². The van der Waals surface area contributed by atoms with Crippen LogP contribution in [0.1, 0.15) is 38.5 Å². The average molecular weight is 423 g/mol. The molecule has 1 amide bonds. The van der Waals surface area contributed by atoms with Gasteiger partial charge in [0, 0.05) is 25.7 Å². The topological polar surface area (TPSA) is 76.2 Å². The monoisotopic (exact) mass is 422 g/mol. The SMILES string of the molecule is O=C(COc1ccc(S(=O)(=O)N2CCOCC2)cc1)N1CCCC2CCCCC21. The molecule has 3 fully saturated rings. The number of fused-ring (bicyclic) bond motifs is 1. The van der Waals surface area contributed by atoms with Gasteiger partial charge in [-0.05, 0) is 55.9 Å². The lowest BCUT2D eigenvalue weighted by molar-refractivity contribution is -0.139. The maximum Gasteiger partial charge on any atom is 0.260 e. The average Bonchev–Trinajstić information content (AvgIpc) is 2.78. The molecule has 8 heteroatoms. The Morgan fingerprint density at radius 3 is 2.45 bits per heavy atom. The summed E-state index contributed by atoms with van der Waals surface area (Å²) in [5.74, 6) is 1.19. The van der Waals surface area contributed by atoms with Gasteiger partial charge < -0.3 is 14.4 Å². The molecule has 0 radical (unpaired) electrons. The molecule has 1 aliphatic carbocycles. The first kappa shape index (κ1) is 20.6. The Bertz CT molecular complexity index is 803. The molecule has 0 bridgehead atoms. The first-order valence-electron chi connectivity index (χ1n) is 10.7. The molecule has 2 aliphatic heterocycles. The summed E-state index contributed by atoms with van der Waals surface area (Å²) in [6.07, 6.45) is 7.11. The van der Waals surface area contributed by atoms with Crippen LogP contribution in [0, 0.1) is 5.92 Å². The number of ether oxygens (including phenoxy) is 2. The largest absolute Gasteiger partial charge is 0.484 e. The maximum absolute atomic E-state index is 12.7. The molecule has 2 atom stereocenters. The van der Waals surface area contributed by atoms with Gasteiger partial charge in [0.2, 0.25) is 10.0 Å². The molecule has 2 saturated heterocycles. The Hall–Kier alpha value is -1.64. The van der Waals surface area contributed by atoms with Crippen LogP contribution in [-0.4, -0.2) is 69.0 Å². The fourth-order valence-corrected chi connectivity index (χ4v) is 6.21. The van der Waals surface area contributed by atoms with E-state index in [2.05, 4.69) is 0 Å². The summed E-state index contributed by atoms with van der Waals surface area (Å²) in [5, 5.41) is 0. The lowest BCUT2D eigenvalue weighted by atomic mass is 9.78. The Labute approximate surface area is 173 Å². The molecule has 0 spiro atoms. The van der Waals surface area contributed by atoms with Crippen molar-refractivity contribution < 1.29 is 22.7 Å². The highest BCUT2D eigenvalue weighted by atomic mass is 32.2. The van der Waals surface area contributed by atoms with Crippen molar-refractivity contribution in [1.29, 1.82) is 0 Å². The molecule has 2 unspecified atom stereocenters. The molecule has 2 heterocycles. The van der Waals surface area contributed by atoms with Crippen LogP contribution in [0.5, 0.6) is 5.75 Å². The van der Waals surface area contributed by atoms with Gasteiger partial charge >= 0.3 is 0 Å². The molecule has 1 aromatic rings. The van der Waals surface area contributed by atoms with Crippen LogP contribution in [0.2, 0.25) is 0 Å². The number of sulfonamides is 1. The number of amides is 1. The Kier molecular flexibility index (Phi) is 6.41. The zero-order chi connectivity index (χ0) is 20.3. The number of piperidine rings is 1. The molecule has 160 valence electrons. The second kappa shape index (κ2) is 9.02. The zero-order valence-electron chi connectivity index (χ0n) is 16.8. The highest BCUT2D eigenvalue weighted by Crippen LogP contribution is 2.35. The van der Waals surface area contributed by atoms with Crippen LogP contribution in [-0.2, 0) is 19.6 Å². The molecule has 29 heavy (non-hydrogen) atoms. The van der Waals surface area contributed by atoms with E-state index in [1.54, 1.807) is 24.3 Å². The Balaban J connectivity index is 1.34. The van der Waals surface area contributed by atoms with Gasteiger partial charge in [-0.15, -0.1) is 0 Å². The van der Waals surface area contributed by atoms with E-state index in [0.717, 1.165) is 19.4 Å². The smallest absolute Gasteiger partial charge is 0.260 e. The zero-order valence-corrected chi connectivity index (χ0v) is 17.6. The molecule has 0 aromatic heterocycles. The summed E-state index contributed by atoms with van der Waals surface area (Å²) in [6.45, 7) is 2.39. The summed E-state index contributed by atoms with van der Waals surface area (Å²) >= 11 is 0. The summed E-state index contributed by atoms with van der Waals surface area (Å²) < 4.78 is 37.7. The lowest BCUT2D eigenvalue weighted by Gasteiger charge is -2.44. The Morgan fingerprint density at radius 1 is 1.00 bits per heavy atom. The highest BCUT2D eigenvalue weighted by molar-refractivity contribution is 7.89. The Morgan fingerprint density at radius 2 is 1.69 bits per heavy atom. The van der Waals surface area contributed by atoms with Gasteiger partial charge in [-0.1, -0.05) is 12.8 Å². The van der Waals surface area contributed by atoms with Crippen LogP contribution in [0.15, 0.2) is 29.2 Å². The normalized spacial score (nSPS) is 26.0. The van der Waals surface area contributed by atoms with E-state index in [9.17, 15) is 13.2 Å². The molecule has 0 N–H and O–H groups in total. The van der Waals surface area contributed by atoms with Gasteiger partial charge in [0.1, 0.15) is 5.75 Å². The second-order valence-electron chi connectivity index (χ2n) is 8.12. The van der Waals surface area contributed by atoms with Crippen molar-refractivity contribution in [3.8, 4) is 5.75 Å². The van der Waals surface area contributed by atoms with Crippen molar-refractivity contribution >= 4 is 15.9 Å². The number of carbonyl (C=O) groups is 1. The standard InChI is InChI=1S/C21H30N2O5S/c24-21(23-11-3-5-17-4-1-2-6-20(17)23)16-28-18-7-9-19(10-8-18)29(25,26)22-12-14-27-15-13-22/h7-10,17,20H,1-6,11-16H2. The second-order valence-corrected chi connectivity index (χ2v) is 10.1. The quantitative estimate of drug-likeness (QED) is 0.728. The number of morpholine rings is 1. The number of nitrogens with zero attached hydrogens (tertiary/aromatic N) is 2. The number of rotatable bonds is 5. The van der Waals surface area contributed by atoms with E-state index < -0.39 is 10.0 Å². The van der Waals surface area contributed by atoms with Gasteiger partial charge in [-0.2, -0.15) is 4.31 Å². The summed E-state index contributed by atoms with van der Waals surface area (Å²) in [5.41, 5.74) is 0. The third-order valence-corrected chi connectivity index (χ3v) is 8.27. The van der Waals surface area contributed by atoms with Crippen molar-refractivity contribution in [3.05, 3.63) is 24.3 Å². The predicted molar refractivity (Wildman–Crippen MR) is 108 cm³/mol. The summed E-state index contributed by atoms with van der Waals surface area (Å²) in [4.78, 5) is 15.0. The highest BCUT2D eigenvalue weighted by Gasteiger charge is 2.35. The van der Waals surface area contributed by atoms with E-state index in [0.29, 0.717) is 44.0 Å². The van der Waals surface area contributed by atoms with E-state index in [1.165, 1.54) is 30.0 Å². The third-order valence-electron chi connectivity index (χ3n) is 6.36. The van der Waals surface area contributed by atoms with Crippen LogP contribution in [0.25, 0.3) is 0 Å². The van der Waals surface area contributed by atoms with E-state index in [-0.39, 0.29) is 17.4 Å². The van der Waals surface area contributed by atoms with Gasteiger partial charge in [-0.3, -0.25) is 4.79 Å². The molecule has 3 aliphatic rings. The maximum atomic E-state index is 12.7. The summed E-state index contributed by atoms with van der Waals surface area (Å²) in [7, 11) is -3.52. The van der Waals surface area contributed by atoms with Crippen LogP contribution >= 0.6 is 0 Å². The van der Waals surface area contributed by atoms with Crippen LogP contribution in [0.4, 0.5) is 0 Å². The minimum absolute atomic E-state index is 0.00121. The number of hydrogen-bond donors (Lipinski definition) is 0. The minimum Gasteiger partial charge on any atom is -0.484 e. The predicted octanol–water partition coefficient (Wildman–Crippen LogP) is 2.27. The van der Waals surface area contributed by atoms with Gasteiger partial charge in [0.25, 0.3) is 5.91 Å². The van der Waals surface area contributed by atoms with Gasteiger partial charge in [0.15, 0.2) is 6.61 Å². The van der Waals surface area contributed by atoms with Crippen molar-refractivity contribution in [1.82, 2.24) is 9.21 Å². The molecule has 7 nitrogen and oxygen atoms in total. The number of benzene rings is 1. The van der Waals surface area contributed by atoms with Crippen molar-refractivity contribution in [2.45, 2.75) is 49.5 Å². The van der Waals surface area contributed by atoms with Gasteiger partial charge in [-0.25, -0.2) is 8.42 Å². The molecule has 1 aromatic carbocycles. The van der Waals surface area contributed by atoms with Crippen LogP contribution < -0.4 is 4.74 Å². The van der Waals surface area contributed by atoms with E-state index in [4.69, 9.17) is 9.47 Å². The number of carbonyl (C=O) groups excluding carboxylic acids is 1. The molecular formula is C21H30N2O5S. The van der Waals surface area contributed by atoms with Crippen LogP contribution in [0.3, 0.4) is 0 Å². The first-order valence-corrected chi connectivity index (χ1v) is 12.1. The van der Waals surface area contributed by atoms with Gasteiger partial charge in [0.05, 0.1) is 18.1 Å². The van der Waals surface area contributed by atoms with Crippen molar-refractivity contribution in [2.75, 3.05) is 39.5 Å². The lowest BCUT2D eigenvalue weighted by Crippen LogP contribution is -2.51. The third kappa shape index (κ3) is 4.59. The molecule has 1 saturated carbocycles. The first-order chi connectivity index (χ1) is 14.1. The van der Waals surface area contributed by atoms with Crippen molar-refractivity contribution in [2.24, 2.45) is 5.92 Å². The van der Waals surface area contributed by atoms with E-state index >= 15 is 0 Å². The number of hydrogen-bond acceptors (Lipinski definition) is 5.